The first-order valence-corrected chi connectivity index (χ1v) is 11.4. The molecule has 1 aliphatic carbocycles. The number of hydrogen-bond acceptors (Lipinski definition) is 3. The van der Waals surface area contributed by atoms with E-state index in [1.54, 1.807) is 12.4 Å². The van der Waals surface area contributed by atoms with Gasteiger partial charge in [-0.1, -0.05) is 54.8 Å². The third-order valence-electron chi connectivity index (χ3n) is 6.30. The van der Waals surface area contributed by atoms with Crippen molar-refractivity contribution in [3.63, 3.8) is 0 Å². The second-order valence-corrected chi connectivity index (χ2v) is 8.70. The SMILES string of the molecule is Cc1cccc(C2(C(=O)NCc3cccc(NC(=O)NCc4ccncc4)c3)CCCC2)c1. The van der Waals surface area contributed by atoms with Crippen LogP contribution in [0, 0.1) is 6.92 Å². The molecule has 1 aliphatic rings. The molecule has 0 bridgehead atoms. The number of nitrogens with zero attached hydrogens (tertiary/aromatic N) is 1. The number of nitrogens with one attached hydrogen (secondary N) is 3. The number of aromatic nitrogens is 1. The third kappa shape index (κ3) is 5.58. The predicted octanol–water partition coefficient (Wildman–Crippen LogP) is 4.84. The molecule has 0 aliphatic heterocycles. The maximum Gasteiger partial charge on any atom is 0.319 e. The lowest BCUT2D eigenvalue weighted by Crippen LogP contribution is -2.42. The van der Waals surface area contributed by atoms with E-state index in [0.29, 0.717) is 18.8 Å². The molecule has 3 N–H and O–H groups in total. The molecule has 1 aromatic heterocycles. The zero-order valence-corrected chi connectivity index (χ0v) is 18.9. The lowest BCUT2D eigenvalue weighted by atomic mass is 9.77. The van der Waals surface area contributed by atoms with Gasteiger partial charge >= 0.3 is 6.03 Å². The van der Waals surface area contributed by atoms with Crippen LogP contribution in [0.15, 0.2) is 73.1 Å². The summed E-state index contributed by atoms with van der Waals surface area (Å²) in [4.78, 5) is 29.6. The first kappa shape index (κ1) is 22.5. The van der Waals surface area contributed by atoms with Crippen LogP contribution in [0.2, 0.25) is 0 Å². The number of urea groups is 1. The Bertz CT molecular complexity index is 1110. The average Bonchev–Trinajstić information content (AvgIpc) is 3.34. The highest BCUT2D eigenvalue weighted by Crippen LogP contribution is 2.41. The van der Waals surface area contributed by atoms with Crippen LogP contribution in [-0.4, -0.2) is 16.9 Å². The molecule has 1 fully saturated rings. The maximum atomic E-state index is 13.3. The largest absolute Gasteiger partial charge is 0.351 e. The van der Waals surface area contributed by atoms with Gasteiger partial charge in [0.05, 0.1) is 5.41 Å². The molecule has 6 nitrogen and oxygen atoms in total. The van der Waals surface area contributed by atoms with Crippen molar-refractivity contribution < 1.29 is 9.59 Å². The summed E-state index contributed by atoms with van der Waals surface area (Å²) in [6.07, 6.45) is 7.27. The van der Waals surface area contributed by atoms with Crippen molar-refractivity contribution in [3.8, 4) is 0 Å². The fourth-order valence-electron chi connectivity index (χ4n) is 4.54. The number of rotatable bonds is 7. The predicted molar refractivity (Wildman–Crippen MR) is 130 cm³/mol. The van der Waals surface area contributed by atoms with Gasteiger partial charge in [-0.05, 0) is 60.7 Å². The Morgan fingerprint density at radius 2 is 1.61 bits per heavy atom. The highest BCUT2D eigenvalue weighted by atomic mass is 16.2. The number of carbonyl (C=O) groups excluding carboxylic acids is 2. The molecule has 3 amide bonds. The molecule has 1 heterocycles. The molecule has 6 heteroatoms. The van der Waals surface area contributed by atoms with Crippen molar-refractivity contribution in [2.24, 2.45) is 0 Å². The van der Waals surface area contributed by atoms with Crippen LogP contribution in [0.1, 0.15) is 47.9 Å². The summed E-state index contributed by atoms with van der Waals surface area (Å²) in [6.45, 7) is 2.90. The normalized spacial score (nSPS) is 14.5. The van der Waals surface area contributed by atoms with Crippen LogP contribution in [0.25, 0.3) is 0 Å². The summed E-state index contributed by atoms with van der Waals surface area (Å²) in [5.41, 5.74) is 4.43. The minimum atomic E-state index is -0.450. The molecule has 0 saturated heterocycles. The quantitative estimate of drug-likeness (QED) is 0.490. The molecule has 33 heavy (non-hydrogen) atoms. The van der Waals surface area contributed by atoms with Gasteiger partial charge in [0.25, 0.3) is 0 Å². The first-order chi connectivity index (χ1) is 16.0. The Labute approximate surface area is 194 Å². The van der Waals surface area contributed by atoms with Crippen LogP contribution in [0.5, 0.6) is 0 Å². The second kappa shape index (κ2) is 10.3. The van der Waals surface area contributed by atoms with E-state index in [2.05, 4.69) is 46.1 Å². The zero-order valence-electron chi connectivity index (χ0n) is 18.9. The van der Waals surface area contributed by atoms with Gasteiger partial charge in [0.1, 0.15) is 0 Å². The first-order valence-electron chi connectivity index (χ1n) is 11.4. The number of pyridine rings is 1. The minimum absolute atomic E-state index is 0.0825. The van der Waals surface area contributed by atoms with Crippen LogP contribution in [0.3, 0.4) is 0 Å². The molecule has 0 atom stereocenters. The Morgan fingerprint density at radius 3 is 2.36 bits per heavy atom. The lowest BCUT2D eigenvalue weighted by molar-refractivity contribution is -0.126. The van der Waals surface area contributed by atoms with Crippen LogP contribution < -0.4 is 16.0 Å². The zero-order chi connectivity index (χ0) is 23.1. The highest BCUT2D eigenvalue weighted by Gasteiger charge is 2.42. The summed E-state index contributed by atoms with van der Waals surface area (Å²) in [5, 5.41) is 8.84. The van der Waals surface area contributed by atoms with Gasteiger partial charge in [-0.2, -0.15) is 0 Å². The Kier molecular flexibility index (Phi) is 7.03. The molecule has 0 unspecified atom stereocenters. The Morgan fingerprint density at radius 1 is 0.879 bits per heavy atom. The van der Waals surface area contributed by atoms with Crippen molar-refractivity contribution >= 4 is 17.6 Å². The molecular weight excluding hydrogens is 412 g/mol. The summed E-state index contributed by atoms with van der Waals surface area (Å²) in [5.74, 6) is 0.0825. The minimum Gasteiger partial charge on any atom is -0.351 e. The van der Waals surface area contributed by atoms with Crippen LogP contribution >= 0.6 is 0 Å². The molecule has 170 valence electrons. The maximum absolute atomic E-state index is 13.3. The molecule has 1 saturated carbocycles. The molecule has 0 radical (unpaired) electrons. The Balaban J connectivity index is 1.36. The third-order valence-corrected chi connectivity index (χ3v) is 6.30. The second-order valence-electron chi connectivity index (χ2n) is 8.70. The lowest BCUT2D eigenvalue weighted by Gasteiger charge is -2.28. The van der Waals surface area contributed by atoms with Gasteiger partial charge in [-0.3, -0.25) is 9.78 Å². The van der Waals surface area contributed by atoms with Gasteiger partial charge in [0.2, 0.25) is 5.91 Å². The van der Waals surface area contributed by atoms with Crippen LogP contribution in [-0.2, 0) is 23.3 Å². The molecule has 2 aromatic carbocycles. The van der Waals surface area contributed by atoms with Gasteiger partial charge < -0.3 is 16.0 Å². The standard InChI is InChI=1S/C27H30N4O2/c1-20-6-4-8-23(16-20)27(12-2-3-13-27)25(32)29-19-22-7-5-9-24(17-22)31-26(33)30-18-21-10-14-28-15-11-21/h4-11,14-17H,2-3,12-13,18-19H2,1H3,(H,29,32)(H2,30,31,33). The summed E-state index contributed by atoms with van der Waals surface area (Å²) in [7, 11) is 0. The van der Waals surface area contributed by atoms with E-state index in [1.165, 1.54) is 5.56 Å². The van der Waals surface area contributed by atoms with Crippen molar-refractivity contribution in [3.05, 3.63) is 95.3 Å². The monoisotopic (exact) mass is 442 g/mol. The van der Waals surface area contributed by atoms with Crippen LogP contribution in [0.4, 0.5) is 10.5 Å². The van der Waals surface area contributed by atoms with E-state index in [0.717, 1.165) is 42.4 Å². The van der Waals surface area contributed by atoms with Gasteiger partial charge in [-0.25, -0.2) is 4.79 Å². The number of benzene rings is 2. The highest BCUT2D eigenvalue weighted by molar-refractivity contribution is 5.90. The smallest absolute Gasteiger partial charge is 0.319 e. The summed E-state index contributed by atoms with van der Waals surface area (Å²) < 4.78 is 0. The van der Waals surface area contributed by atoms with Gasteiger partial charge in [0.15, 0.2) is 0 Å². The number of hydrogen-bond donors (Lipinski definition) is 3. The summed E-state index contributed by atoms with van der Waals surface area (Å²) in [6, 6.07) is 19.3. The van der Waals surface area contributed by atoms with E-state index in [1.807, 2.05) is 42.5 Å². The van der Waals surface area contributed by atoms with E-state index in [9.17, 15) is 9.59 Å². The Hall–Kier alpha value is -3.67. The number of anilines is 1. The van der Waals surface area contributed by atoms with E-state index in [-0.39, 0.29) is 11.9 Å². The van der Waals surface area contributed by atoms with Gasteiger partial charge in [-0.15, -0.1) is 0 Å². The topological polar surface area (TPSA) is 83.1 Å². The number of amides is 3. The fourth-order valence-corrected chi connectivity index (χ4v) is 4.54. The van der Waals surface area contributed by atoms with E-state index in [4.69, 9.17) is 0 Å². The van der Waals surface area contributed by atoms with Crippen molar-refractivity contribution in [1.82, 2.24) is 15.6 Å². The fraction of sp³-hybridized carbons (Fsp3) is 0.296. The molecule has 4 rings (SSSR count). The summed E-state index contributed by atoms with van der Waals surface area (Å²) >= 11 is 0. The number of aryl methyl sites for hydroxylation is 1. The van der Waals surface area contributed by atoms with E-state index < -0.39 is 5.41 Å². The molecule has 0 spiro atoms. The molecular formula is C27H30N4O2. The van der Waals surface area contributed by atoms with Gasteiger partial charge in [0, 0.05) is 31.2 Å². The van der Waals surface area contributed by atoms with Crippen molar-refractivity contribution in [1.29, 1.82) is 0 Å². The van der Waals surface area contributed by atoms with Crippen molar-refractivity contribution in [2.75, 3.05) is 5.32 Å². The van der Waals surface area contributed by atoms with Crippen molar-refractivity contribution in [2.45, 2.75) is 51.1 Å². The number of carbonyl (C=O) groups is 2. The average molecular weight is 443 g/mol. The van der Waals surface area contributed by atoms with E-state index >= 15 is 0 Å². The molecule has 3 aromatic rings.